The Labute approximate surface area is 48.2 Å². The van der Waals surface area contributed by atoms with E-state index >= 15 is 0 Å². The van der Waals surface area contributed by atoms with Crippen LogP contribution in [0.2, 0.25) is 0 Å². The second kappa shape index (κ2) is 2.85. The highest BCUT2D eigenvalue weighted by Crippen LogP contribution is 1.92. The van der Waals surface area contributed by atoms with Crippen molar-refractivity contribution in [1.29, 1.82) is 5.41 Å². The van der Waals surface area contributed by atoms with Crippen molar-refractivity contribution >= 4 is 6.21 Å². The highest BCUT2D eigenvalue weighted by atomic mass is 14.6. The van der Waals surface area contributed by atoms with Gasteiger partial charge >= 0.3 is 0 Å². The summed E-state index contributed by atoms with van der Waals surface area (Å²) in [5.74, 6) is 0. The topological polar surface area (TPSA) is 75.9 Å². The SMILES string of the molecule is C=C(N)/C(C=N)=C/N. The molecule has 0 spiro atoms. The van der Waals surface area contributed by atoms with Gasteiger partial charge in [0.15, 0.2) is 0 Å². The lowest BCUT2D eigenvalue weighted by molar-refractivity contribution is 1.37. The zero-order chi connectivity index (χ0) is 6.57. The first-order chi connectivity index (χ1) is 3.72. The lowest BCUT2D eigenvalue weighted by Gasteiger charge is -1.93. The quantitative estimate of drug-likeness (QED) is 0.345. The van der Waals surface area contributed by atoms with Gasteiger partial charge in [0.05, 0.1) is 0 Å². The fourth-order valence-corrected chi connectivity index (χ4v) is 0.248. The minimum atomic E-state index is 0.322. The molecule has 0 aromatic rings. The van der Waals surface area contributed by atoms with Gasteiger partial charge in [0.25, 0.3) is 0 Å². The van der Waals surface area contributed by atoms with Crippen molar-refractivity contribution in [2.24, 2.45) is 11.5 Å². The number of nitrogens with one attached hydrogen (secondary N) is 1. The van der Waals surface area contributed by atoms with Crippen molar-refractivity contribution in [3.63, 3.8) is 0 Å². The van der Waals surface area contributed by atoms with Crippen molar-refractivity contribution < 1.29 is 0 Å². The Balaban J connectivity index is 4.13. The summed E-state index contributed by atoms with van der Waals surface area (Å²) in [6.45, 7) is 3.38. The van der Waals surface area contributed by atoms with Crippen LogP contribution < -0.4 is 11.5 Å². The largest absolute Gasteiger partial charge is 0.404 e. The highest BCUT2D eigenvalue weighted by Gasteiger charge is 1.88. The molecule has 3 heteroatoms. The summed E-state index contributed by atoms with van der Waals surface area (Å²) in [7, 11) is 0. The van der Waals surface area contributed by atoms with E-state index < -0.39 is 0 Å². The third kappa shape index (κ3) is 1.47. The van der Waals surface area contributed by atoms with Crippen LogP contribution in [0.15, 0.2) is 24.0 Å². The predicted molar refractivity (Wildman–Crippen MR) is 34.4 cm³/mol. The molecule has 0 amide bonds. The molecule has 0 saturated heterocycles. The van der Waals surface area contributed by atoms with Crippen molar-refractivity contribution in [3.05, 3.63) is 24.0 Å². The van der Waals surface area contributed by atoms with Gasteiger partial charge in [-0.2, -0.15) is 0 Å². The van der Waals surface area contributed by atoms with Crippen LogP contribution in [0.25, 0.3) is 0 Å². The summed E-state index contributed by atoms with van der Waals surface area (Å²) >= 11 is 0. The Morgan fingerprint density at radius 3 is 2.12 bits per heavy atom. The van der Waals surface area contributed by atoms with Gasteiger partial charge in [-0.3, -0.25) is 0 Å². The first-order valence-electron chi connectivity index (χ1n) is 2.09. The van der Waals surface area contributed by atoms with Crippen molar-refractivity contribution in [2.45, 2.75) is 0 Å². The van der Waals surface area contributed by atoms with Gasteiger partial charge in [-0.05, 0) is 0 Å². The fraction of sp³-hybridized carbons (Fsp3) is 0. The molecule has 0 fully saturated rings. The minimum Gasteiger partial charge on any atom is -0.404 e. The molecule has 5 N–H and O–H groups in total. The van der Waals surface area contributed by atoms with Crippen LogP contribution in [-0.2, 0) is 0 Å². The summed E-state index contributed by atoms with van der Waals surface area (Å²) < 4.78 is 0. The maximum absolute atomic E-state index is 6.68. The van der Waals surface area contributed by atoms with Gasteiger partial charge in [-0.15, -0.1) is 0 Å². The maximum atomic E-state index is 6.68. The lowest BCUT2D eigenvalue weighted by atomic mass is 10.2. The minimum absolute atomic E-state index is 0.322. The number of nitrogens with two attached hydrogens (primary N) is 2. The van der Waals surface area contributed by atoms with Crippen LogP contribution >= 0.6 is 0 Å². The summed E-state index contributed by atoms with van der Waals surface area (Å²) in [5.41, 5.74) is 11.0. The molecular formula is C5H9N3. The normalized spacial score (nSPS) is 10.8. The van der Waals surface area contributed by atoms with Crippen LogP contribution in [0.4, 0.5) is 0 Å². The highest BCUT2D eigenvalue weighted by molar-refractivity contribution is 5.81. The first kappa shape index (κ1) is 6.75. The van der Waals surface area contributed by atoms with E-state index in [1.165, 1.54) is 6.20 Å². The average molecular weight is 111 g/mol. The van der Waals surface area contributed by atoms with Gasteiger partial charge in [-0.1, -0.05) is 6.58 Å². The van der Waals surface area contributed by atoms with E-state index in [0.29, 0.717) is 11.3 Å². The van der Waals surface area contributed by atoms with Crippen molar-refractivity contribution in [3.8, 4) is 0 Å². The predicted octanol–water partition coefficient (Wildman–Crippen LogP) is -0.0490. The second-order valence-corrected chi connectivity index (χ2v) is 1.29. The number of allylic oxidation sites excluding steroid dienone is 1. The van der Waals surface area contributed by atoms with Gasteiger partial charge in [0.2, 0.25) is 0 Å². The van der Waals surface area contributed by atoms with E-state index in [0.717, 1.165) is 6.21 Å². The first-order valence-corrected chi connectivity index (χ1v) is 2.09. The monoisotopic (exact) mass is 111 g/mol. The molecule has 44 valence electrons. The third-order valence-corrected chi connectivity index (χ3v) is 0.706. The zero-order valence-electron chi connectivity index (χ0n) is 4.52. The van der Waals surface area contributed by atoms with Gasteiger partial charge < -0.3 is 16.9 Å². The fourth-order valence-electron chi connectivity index (χ4n) is 0.248. The second-order valence-electron chi connectivity index (χ2n) is 1.29. The molecule has 0 aliphatic rings. The molecule has 0 rings (SSSR count). The van der Waals surface area contributed by atoms with Crippen LogP contribution in [0.3, 0.4) is 0 Å². The zero-order valence-corrected chi connectivity index (χ0v) is 4.52. The molecule has 0 aliphatic heterocycles. The molecule has 0 heterocycles. The van der Waals surface area contributed by atoms with Crippen molar-refractivity contribution in [2.75, 3.05) is 0 Å². The Morgan fingerprint density at radius 2 is 2.12 bits per heavy atom. The van der Waals surface area contributed by atoms with E-state index in [4.69, 9.17) is 16.9 Å². The summed E-state index contributed by atoms with van der Waals surface area (Å²) in [6, 6.07) is 0. The maximum Gasteiger partial charge on any atom is 0.0344 e. The molecule has 0 atom stereocenters. The van der Waals surface area contributed by atoms with Crippen LogP contribution in [0.1, 0.15) is 0 Å². The van der Waals surface area contributed by atoms with E-state index in [9.17, 15) is 0 Å². The molecule has 0 aliphatic carbocycles. The van der Waals surface area contributed by atoms with E-state index in [-0.39, 0.29) is 0 Å². The summed E-state index contributed by atoms with van der Waals surface area (Å²) in [6.07, 6.45) is 2.30. The molecule has 8 heavy (non-hydrogen) atoms. The van der Waals surface area contributed by atoms with Crippen LogP contribution in [0.5, 0.6) is 0 Å². The third-order valence-electron chi connectivity index (χ3n) is 0.706. The van der Waals surface area contributed by atoms with Crippen molar-refractivity contribution in [1.82, 2.24) is 0 Å². The Hall–Kier alpha value is -1.25. The number of hydrogen-bond acceptors (Lipinski definition) is 3. The number of hydrogen-bond donors (Lipinski definition) is 3. The van der Waals surface area contributed by atoms with Gasteiger partial charge in [-0.25, -0.2) is 0 Å². The van der Waals surface area contributed by atoms with Crippen LogP contribution in [-0.4, -0.2) is 6.21 Å². The van der Waals surface area contributed by atoms with E-state index in [2.05, 4.69) is 6.58 Å². The average Bonchev–Trinajstić information content (AvgIpc) is 1.69. The Morgan fingerprint density at radius 1 is 1.62 bits per heavy atom. The smallest absolute Gasteiger partial charge is 0.0344 e. The van der Waals surface area contributed by atoms with Gasteiger partial charge in [0, 0.05) is 23.7 Å². The molecular weight excluding hydrogens is 102 g/mol. The lowest BCUT2D eigenvalue weighted by Crippen LogP contribution is -2.01. The molecule has 0 aromatic heterocycles. The molecule has 3 nitrogen and oxygen atoms in total. The standard InChI is InChI=1S/C5H9N3/c1-4(8)5(2-6)3-7/h2-3,6H,1,7-8H2/b5-3+,6-2?. The summed E-state index contributed by atoms with van der Waals surface area (Å²) in [4.78, 5) is 0. The van der Waals surface area contributed by atoms with E-state index in [1.54, 1.807) is 0 Å². The summed E-state index contributed by atoms with van der Waals surface area (Å²) in [5, 5.41) is 6.68. The Kier molecular flexibility index (Phi) is 2.40. The van der Waals surface area contributed by atoms with E-state index in [1.807, 2.05) is 0 Å². The van der Waals surface area contributed by atoms with Crippen LogP contribution in [0, 0.1) is 5.41 Å². The number of rotatable bonds is 2. The van der Waals surface area contributed by atoms with Gasteiger partial charge in [0.1, 0.15) is 0 Å². The molecule has 0 unspecified atom stereocenters. The molecule has 0 radical (unpaired) electrons. The molecule has 0 aromatic carbocycles. The molecule has 0 bridgehead atoms. The molecule has 0 saturated carbocycles. The Bertz CT molecular complexity index is 135.